The van der Waals surface area contributed by atoms with Gasteiger partial charge in [-0.1, -0.05) is 25.5 Å². The molecule has 0 aliphatic rings. The van der Waals surface area contributed by atoms with E-state index in [1.165, 1.54) is 0 Å². The zero-order valence-corrected chi connectivity index (χ0v) is 14.8. The van der Waals surface area contributed by atoms with E-state index in [9.17, 15) is 4.79 Å². The quantitative estimate of drug-likeness (QED) is 0.811. The molecule has 6 nitrogen and oxygen atoms in total. The standard InChI is InChI=1S/C18H26N4O2/c1-5-8-14-11-15(21-20-14)12-22(4)18(23)19-16-9-6-7-10-17(16)24-13(2)3/h6-7,9-11,13H,5,8,12H2,1-4H3,(H,19,23)(H,20,21). The lowest BCUT2D eigenvalue weighted by atomic mass is 10.2. The molecule has 0 radical (unpaired) electrons. The normalized spacial score (nSPS) is 10.7. The smallest absolute Gasteiger partial charge is 0.322 e. The molecule has 2 rings (SSSR count). The third kappa shape index (κ3) is 5.01. The Labute approximate surface area is 143 Å². The van der Waals surface area contributed by atoms with Gasteiger partial charge in [-0.2, -0.15) is 5.10 Å². The van der Waals surface area contributed by atoms with Gasteiger partial charge in [0, 0.05) is 7.05 Å². The number of aromatic nitrogens is 2. The van der Waals surface area contributed by atoms with E-state index in [1.807, 2.05) is 44.2 Å². The Morgan fingerprint density at radius 3 is 2.83 bits per heavy atom. The van der Waals surface area contributed by atoms with Crippen LogP contribution >= 0.6 is 0 Å². The largest absolute Gasteiger partial charge is 0.489 e. The van der Waals surface area contributed by atoms with Gasteiger partial charge >= 0.3 is 6.03 Å². The van der Waals surface area contributed by atoms with Crippen LogP contribution in [-0.2, 0) is 13.0 Å². The maximum Gasteiger partial charge on any atom is 0.322 e. The highest BCUT2D eigenvalue weighted by Gasteiger charge is 2.14. The SMILES string of the molecule is CCCc1cc(CN(C)C(=O)Nc2ccccc2OC(C)C)[nH]n1. The fourth-order valence-electron chi connectivity index (χ4n) is 2.34. The highest BCUT2D eigenvalue weighted by molar-refractivity contribution is 5.90. The number of carbonyl (C=O) groups is 1. The maximum absolute atomic E-state index is 12.4. The van der Waals surface area contributed by atoms with Crippen LogP contribution < -0.4 is 10.1 Å². The minimum atomic E-state index is -0.193. The molecule has 24 heavy (non-hydrogen) atoms. The van der Waals surface area contributed by atoms with Crippen LogP contribution in [0.3, 0.4) is 0 Å². The number of ether oxygens (including phenoxy) is 1. The number of H-pyrrole nitrogens is 1. The van der Waals surface area contributed by atoms with E-state index in [0.717, 1.165) is 24.2 Å². The van der Waals surface area contributed by atoms with Gasteiger partial charge in [0.1, 0.15) is 5.75 Å². The van der Waals surface area contributed by atoms with Gasteiger partial charge in [-0.25, -0.2) is 4.79 Å². The Morgan fingerprint density at radius 1 is 1.38 bits per heavy atom. The summed E-state index contributed by atoms with van der Waals surface area (Å²) in [4.78, 5) is 14.0. The summed E-state index contributed by atoms with van der Waals surface area (Å²) in [7, 11) is 1.75. The molecule has 0 aliphatic carbocycles. The first kappa shape index (κ1) is 17.8. The summed E-state index contributed by atoms with van der Waals surface area (Å²) >= 11 is 0. The molecule has 0 saturated carbocycles. The van der Waals surface area contributed by atoms with Crippen molar-refractivity contribution in [2.75, 3.05) is 12.4 Å². The molecule has 130 valence electrons. The first-order valence-corrected chi connectivity index (χ1v) is 8.30. The number of rotatable bonds is 7. The molecule has 2 aromatic rings. The number of anilines is 1. The topological polar surface area (TPSA) is 70.2 Å². The number of urea groups is 1. The van der Waals surface area contributed by atoms with Crippen molar-refractivity contribution in [3.05, 3.63) is 41.7 Å². The van der Waals surface area contributed by atoms with E-state index < -0.39 is 0 Å². The summed E-state index contributed by atoms with van der Waals surface area (Å²) in [5, 5.41) is 10.1. The van der Waals surface area contributed by atoms with Crippen LogP contribution in [0, 0.1) is 0 Å². The average Bonchev–Trinajstić information content (AvgIpc) is 2.96. The molecule has 0 aliphatic heterocycles. The number of carbonyl (C=O) groups excluding carboxylic acids is 1. The molecule has 0 bridgehead atoms. The van der Waals surface area contributed by atoms with Crippen molar-refractivity contribution in [2.24, 2.45) is 0 Å². The number of nitrogens with zero attached hydrogens (tertiary/aromatic N) is 2. The van der Waals surface area contributed by atoms with Crippen LogP contribution in [0.5, 0.6) is 5.75 Å². The Bertz CT molecular complexity index is 667. The summed E-state index contributed by atoms with van der Waals surface area (Å²) in [5.41, 5.74) is 2.61. The average molecular weight is 330 g/mol. The minimum Gasteiger partial charge on any atom is -0.489 e. The summed E-state index contributed by atoms with van der Waals surface area (Å²) in [6.07, 6.45) is 2.03. The fraction of sp³-hybridized carbons (Fsp3) is 0.444. The van der Waals surface area contributed by atoms with Gasteiger partial charge < -0.3 is 15.0 Å². The Hall–Kier alpha value is -2.50. The summed E-state index contributed by atoms with van der Waals surface area (Å²) in [6, 6.07) is 9.25. The van der Waals surface area contributed by atoms with Crippen molar-refractivity contribution < 1.29 is 9.53 Å². The number of aromatic amines is 1. The van der Waals surface area contributed by atoms with Crippen LogP contribution in [0.15, 0.2) is 30.3 Å². The molecule has 0 spiro atoms. The van der Waals surface area contributed by atoms with Gasteiger partial charge in [0.15, 0.2) is 0 Å². The highest BCUT2D eigenvalue weighted by Crippen LogP contribution is 2.25. The molecule has 0 atom stereocenters. The molecule has 1 aromatic carbocycles. The molecular formula is C18H26N4O2. The van der Waals surface area contributed by atoms with Crippen LogP contribution in [0.4, 0.5) is 10.5 Å². The van der Waals surface area contributed by atoms with Gasteiger partial charge in [0.05, 0.1) is 29.7 Å². The second-order valence-electron chi connectivity index (χ2n) is 6.08. The van der Waals surface area contributed by atoms with E-state index >= 15 is 0 Å². The first-order valence-electron chi connectivity index (χ1n) is 8.30. The zero-order valence-electron chi connectivity index (χ0n) is 14.8. The second-order valence-corrected chi connectivity index (χ2v) is 6.08. The molecule has 6 heteroatoms. The number of benzene rings is 1. The molecule has 1 aromatic heterocycles. The monoisotopic (exact) mass is 330 g/mol. The van der Waals surface area contributed by atoms with Crippen molar-refractivity contribution in [1.82, 2.24) is 15.1 Å². The van der Waals surface area contributed by atoms with E-state index in [4.69, 9.17) is 4.74 Å². The Kier molecular flexibility index (Phi) is 6.23. The highest BCUT2D eigenvalue weighted by atomic mass is 16.5. The fourth-order valence-corrected chi connectivity index (χ4v) is 2.34. The maximum atomic E-state index is 12.4. The van der Waals surface area contributed by atoms with E-state index in [2.05, 4.69) is 22.4 Å². The van der Waals surface area contributed by atoms with E-state index in [-0.39, 0.29) is 12.1 Å². The van der Waals surface area contributed by atoms with Gasteiger partial charge in [-0.05, 0) is 38.5 Å². The van der Waals surface area contributed by atoms with Crippen LogP contribution in [0.1, 0.15) is 38.6 Å². The third-order valence-corrected chi connectivity index (χ3v) is 3.44. The lowest BCUT2D eigenvalue weighted by Crippen LogP contribution is -2.31. The number of amides is 2. The van der Waals surface area contributed by atoms with Crippen molar-refractivity contribution >= 4 is 11.7 Å². The number of hydrogen-bond acceptors (Lipinski definition) is 3. The molecule has 2 N–H and O–H groups in total. The molecule has 0 unspecified atom stereocenters. The van der Waals surface area contributed by atoms with Crippen molar-refractivity contribution in [2.45, 2.75) is 46.3 Å². The van der Waals surface area contributed by atoms with Crippen LogP contribution in [0.25, 0.3) is 0 Å². The number of aryl methyl sites for hydroxylation is 1. The lowest BCUT2D eigenvalue weighted by Gasteiger charge is -2.19. The molecule has 1 heterocycles. The number of hydrogen-bond donors (Lipinski definition) is 2. The van der Waals surface area contributed by atoms with Crippen molar-refractivity contribution in [3.63, 3.8) is 0 Å². The van der Waals surface area contributed by atoms with Gasteiger partial charge in [0.2, 0.25) is 0 Å². The van der Waals surface area contributed by atoms with Gasteiger partial charge in [0.25, 0.3) is 0 Å². The first-order chi connectivity index (χ1) is 11.5. The predicted octanol–water partition coefficient (Wildman–Crippen LogP) is 3.81. The molecule has 0 fully saturated rings. The van der Waals surface area contributed by atoms with Gasteiger partial charge in [-0.3, -0.25) is 5.10 Å². The molecule has 0 saturated heterocycles. The summed E-state index contributed by atoms with van der Waals surface area (Å²) in [6.45, 7) is 6.49. The van der Waals surface area contributed by atoms with Crippen LogP contribution in [-0.4, -0.2) is 34.3 Å². The Balaban J connectivity index is 1.98. The van der Waals surface area contributed by atoms with Crippen LogP contribution in [0.2, 0.25) is 0 Å². The van der Waals surface area contributed by atoms with Gasteiger partial charge in [-0.15, -0.1) is 0 Å². The lowest BCUT2D eigenvalue weighted by molar-refractivity contribution is 0.219. The second kappa shape index (κ2) is 8.38. The molecule has 2 amide bonds. The predicted molar refractivity (Wildman–Crippen MR) is 95.3 cm³/mol. The number of nitrogens with one attached hydrogen (secondary N) is 2. The van der Waals surface area contributed by atoms with E-state index in [1.54, 1.807) is 11.9 Å². The van der Waals surface area contributed by atoms with Crippen molar-refractivity contribution in [3.8, 4) is 5.75 Å². The van der Waals surface area contributed by atoms with Crippen molar-refractivity contribution in [1.29, 1.82) is 0 Å². The molecular weight excluding hydrogens is 304 g/mol. The van der Waals surface area contributed by atoms with E-state index in [0.29, 0.717) is 18.0 Å². The summed E-state index contributed by atoms with van der Waals surface area (Å²) < 4.78 is 5.73. The Morgan fingerprint density at radius 2 is 2.12 bits per heavy atom. The summed E-state index contributed by atoms with van der Waals surface area (Å²) in [5.74, 6) is 0.668. The number of para-hydroxylation sites is 2. The minimum absolute atomic E-state index is 0.0442. The third-order valence-electron chi connectivity index (χ3n) is 3.44. The zero-order chi connectivity index (χ0) is 17.5.